The lowest BCUT2D eigenvalue weighted by Gasteiger charge is -2.26. The van der Waals surface area contributed by atoms with Crippen LogP contribution in [0.15, 0.2) is 48.5 Å². The van der Waals surface area contributed by atoms with Crippen LogP contribution in [0.3, 0.4) is 0 Å². The standard InChI is InChI=1S/C24H26N4O3/c1-16-4-6-19(7-5-16)22-17(2)26-28(23(22)25-18(3)29)21-10-8-20(9-11-21)24(30)27-12-14-31-15-13-27/h4-11H,12-15H2,1-3H3,(H,25,29). The lowest BCUT2D eigenvalue weighted by molar-refractivity contribution is -0.114. The maximum absolute atomic E-state index is 12.7. The molecule has 160 valence electrons. The summed E-state index contributed by atoms with van der Waals surface area (Å²) in [6.07, 6.45) is 0. The number of ether oxygens (including phenoxy) is 1. The maximum atomic E-state index is 12.7. The van der Waals surface area contributed by atoms with Gasteiger partial charge in [-0.25, -0.2) is 4.68 Å². The van der Waals surface area contributed by atoms with Gasteiger partial charge in [0.15, 0.2) is 0 Å². The number of hydrogen-bond donors (Lipinski definition) is 1. The molecule has 2 aromatic carbocycles. The topological polar surface area (TPSA) is 76.5 Å². The first-order valence-electron chi connectivity index (χ1n) is 10.4. The van der Waals surface area contributed by atoms with E-state index in [4.69, 9.17) is 4.74 Å². The minimum atomic E-state index is -0.173. The number of aromatic nitrogens is 2. The number of nitrogens with zero attached hydrogens (tertiary/aromatic N) is 3. The molecule has 2 heterocycles. The van der Waals surface area contributed by atoms with Crippen molar-refractivity contribution in [2.24, 2.45) is 0 Å². The van der Waals surface area contributed by atoms with Gasteiger partial charge in [0.2, 0.25) is 5.91 Å². The normalized spacial score (nSPS) is 13.8. The Bertz CT molecular complexity index is 1100. The minimum absolute atomic E-state index is 0.00563. The lowest BCUT2D eigenvalue weighted by atomic mass is 10.0. The molecule has 0 unspecified atom stereocenters. The summed E-state index contributed by atoms with van der Waals surface area (Å²) >= 11 is 0. The van der Waals surface area contributed by atoms with E-state index >= 15 is 0 Å². The van der Waals surface area contributed by atoms with Crippen LogP contribution >= 0.6 is 0 Å². The monoisotopic (exact) mass is 418 g/mol. The van der Waals surface area contributed by atoms with Gasteiger partial charge in [0, 0.05) is 31.1 Å². The van der Waals surface area contributed by atoms with Crippen LogP contribution in [-0.4, -0.2) is 52.8 Å². The number of hydrogen-bond acceptors (Lipinski definition) is 4. The minimum Gasteiger partial charge on any atom is -0.378 e. The Hall–Kier alpha value is -3.45. The van der Waals surface area contributed by atoms with E-state index in [2.05, 4.69) is 10.4 Å². The summed E-state index contributed by atoms with van der Waals surface area (Å²) in [6, 6.07) is 15.4. The first-order valence-corrected chi connectivity index (χ1v) is 10.4. The summed E-state index contributed by atoms with van der Waals surface area (Å²) in [7, 11) is 0. The Balaban J connectivity index is 1.70. The van der Waals surface area contributed by atoms with E-state index in [0.29, 0.717) is 37.7 Å². The van der Waals surface area contributed by atoms with E-state index < -0.39 is 0 Å². The van der Waals surface area contributed by atoms with Gasteiger partial charge in [-0.1, -0.05) is 29.8 Å². The Labute approximate surface area is 181 Å². The van der Waals surface area contributed by atoms with E-state index in [9.17, 15) is 9.59 Å². The Morgan fingerprint density at radius 3 is 2.23 bits per heavy atom. The van der Waals surface area contributed by atoms with Crippen LogP contribution in [0.2, 0.25) is 0 Å². The molecule has 0 atom stereocenters. The lowest BCUT2D eigenvalue weighted by Crippen LogP contribution is -2.40. The number of anilines is 1. The van der Waals surface area contributed by atoms with Gasteiger partial charge < -0.3 is 15.0 Å². The van der Waals surface area contributed by atoms with Gasteiger partial charge in [-0.15, -0.1) is 0 Å². The summed E-state index contributed by atoms with van der Waals surface area (Å²) in [5, 5.41) is 7.62. The third-order valence-corrected chi connectivity index (χ3v) is 5.35. The fourth-order valence-electron chi connectivity index (χ4n) is 3.76. The molecule has 1 N–H and O–H groups in total. The van der Waals surface area contributed by atoms with Crippen molar-refractivity contribution in [1.82, 2.24) is 14.7 Å². The second kappa shape index (κ2) is 8.73. The van der Waals surface area contributed by atoms with Gasteiger partial charge in [0.1, 0.15) is 5.82 Å². The van der Waals surface area contributed by atoms with Crippen LogP contribution < -0.4 is 5.32 Å². The number of benzene rings is 2. The smallest absolute Gasteiger partial charge is 0.254 e. The molecule has 1 saturated heterocycles. The van der Waals surface area contributed by atoms with Gasteiger partial charge in [0.05, 0.1) is 24.6 Å². The van der Waals surface area contributed by atoms with Crippen molar-refractivity contribution in [3.05, 3.63) is 65.4 Å². The van der Waals surface area contributed by atoms with E-state index in [0.717, 1.165) is 28.1 Å². The van der Waals surface area contributed by atoms with E-state index in [1.165, 1.54) is 6.92 Å². The first kappa shape index (κ1) is 20.8. The van der Waals surface area contributed by atoms with Gasteiger partial charge in [-0.05, 0) is 43.7 Å². The summed E-state index contributed by atoms with van der Waals surface area (Å²) in [6.45, 7) is 7.78. The molecule has 7 heteroatoms. The van der Waals surface area contributed by atoms with Crippen LogP contribution in [0, 0.1) is 13.8 Å². The van der Waals surface area contributed by atoms with Crippen LogP contribution in [0.25, 0.3) is 16.8 Å². The quantitative estimate of drug-likeness (QED) is 0.703. The number of rotatable bonds is 4. The molecule has 1 aromatic heterocycles. The summed E-state index contributed by atoms with van der Waals surface area (Å²) < 4.78 is 7.04. The Morgan fingerprint density at radius 1 is 0.968 bits per heavy atom. The third kappa shape index (κ3) is 4.36. The molecule has 0 spiro atoms. The van der Waals surface area contributed by atoms with Gasteiger partial charge >= 0.3 is 0 Å². The summed E-state index contributed by atoms with van der Waals surface area (Å²) in [4.78, 5) is 26.5. The second-order valence-electron chi connectivity index (χ2n) is 7.72. The molecule has 2 amide bonds. The first-order chi connectivity index (χ1) is 14.9. The SMILES string of the molecule is CC(=O)Nc1c(-c2ccc(C)cc2)c(C)nn1-c1ccc(C(=O)N2CCOCC2)cc1. The zero-order valence-electron chi connectivity index (χ0n) is 18.0. The van der Waals surface area contributed by atoms with Gasteiger partial charge in [-0.3, -0.25) is 9.59 Å². The molecular weight excluding hydrogens is 392 g/mol. The van der Waals surface area contributed by atoms with Crippen LogP contribution in [0.1, 0.15) is 28.5 Å². The molecule has 3 aromatic rings. The molecule has 1 aliphatic rings. The number of amides is 2. The van der Waals surface area contributed by atoms with Crippen molar-refractivity contribution in [2.45, 2.75) is 20.8 Å². The summed E-state index contributed by atoms with van der Waals surface area (Å²) in [5.74, 6) is 0.434. The predicted molar refractivity (Wildman–Crippen MR) is 120 cm³/mol. The van der Waals surface area contributed by atoms with Crippen LogP contribution in [0.5, 0.6) is 0 Å². The largest absolute Gasteiger partial charge is 0.378 e. The maximum Gasteiger partial charge on any atom is 0.254 e. The van der Waals surface area contributed by atoms with Crippen molar-refractivity contribution >= 4 is 17.6 Å². The van der Waals surface area contributed by atoms with E-state index in [1.54, 1.807) is 21.7 Å². The van der Waals surface area contributed by atoms with Crippen molar-refractivity contribution < 1.29 is 14.3 Å². The molecule has 0 aliphatic carbocycles. The van der Waals surface area contributed by atoms with E-state index in [1.807, 2.05) is 50.2 Å². The second-order valence-corrected chi connectivity index (χ2v) is 7.72. The van der Waals surface area contributed by atoms with Crippen molar-refractivity contribution in [2.75, 3.05) is 31.6 Å². The third-order valence-electron chi connectivity index (χ3n) is 5.35. The molecule has 0 radical (unpaired) electrons. The van der Waals surface area contributed by atoms with Crippen molar-refractivity contribution in [3.63, 3.8) is 0 Å². The highest BCUT2D eigenvalue weighted by atomic mass is 16.5. The Kier molecular flexibility index (Phi) is 5.86. The highest BCUT2D eigenvalue weighted by molar-refractivity contribution is 5.95. The van der Waals surface area contributed by atoms with Gasteiger partial charge in [0.25, 0.3) is 5.91 Å². The number of nitrogens with one attached hydrogen (secondary N) is 1. The Morgan fingerprint density at radius 2 is 1.61 bits per heavy atom. The fraction of sp³-hybridized carbons (Fsp3) is 0.292. The van der Waals surface area contributed by atoms with Crippen molar-refractivity contribution in [1.29, 1.82) is 0 Å². The summed E-state index contributed by atoms with van der Waals surface area (Å²) in [5.41, 5.74) is 5.22. The molecule has 0 saturated carbocycles. The number of carbonyl (C=O) groups is 2. The molecule has 4 rings (SSSR count). The van der Waals surface area contributed by atoms with E-state index in [-0.39, 0.29) is 11.8 Å². The zero-order valence-corrected chi connectivity index (χ0v) is 18.0. The van der Waals surface area contributed by atoms with Crippen molar-refractivity contribution in [3.8, 4) is 16.8 Å². The number of aryl methyl sites for hydroxylation is 2. The molecule has 1 aliphatic heterocycles. The molecule has 1 fully saturated rings. The highest BCUT2D eigenvalue weighted by Gasteiger charge is 2.21. The molecular formula is C24H26N4O3. The molecule has 31 heavy (non-hydrogen) atoms. The fourth-order valence-corrected chi connectivity index (χ4v) is 3.76. The predicted octanol–water partition coefficient (Wildman–Crippen LogP) is 3.59. The zero-order chi connectivity index (χ0) is 22.0. The van der Waals surface area contributed by atoms with Gasteiger partial charge in [-0.2, -0.15) is 5.10 Å². The average molecular weight is 418 g/mol. The number of morpholine rings is 1. The number of carbonyl (C=O) groups excluding carboxylic acids is 2. The van der Waals surface area contributed by atoms with Crippen LogP contribution in [-0.2, 0) is 9.53 Å². The van der Waals surface area contributed by atoms with Crippen LogP contribution in [0.4, 0.5) is 5.82 Å². The molecule has 7 nitrogen and oxygen atoms in total. The average Bonchev–Trinajstić information content (AvgIpc) is 3.09. The molecule has 0 bridgehead atoms. The highest BCUT2D eigenvalue weighted by Crippen LogP contribution is 2.33.